The first-order chi connectivity index (χ1) is 11.4. The average Bonchev–Trinajstić information content (AvgIpc) is 3.04. The number of hydrogen-bond acceptors (Lipinski definition) is 5. The van der Waals surface area contributed by atoms with Gasteiger partial charge in [0.05, 0.1) is 11.4 Å². The molecule has 0 saturated carbocycles. The lowest BCUT2D eigenvalue weighted by molar-refractivity contribution is -0.120. The Morgan fingerprint density at radius 1 is 1.38 bits per heavy atom. The molecular formula is C16H20N4O3S. The number of nitrogens with two attached hydrogens (primary N) is 1. The van der Waals surface area contributed by atoms with E-state index in [0.29, 0.717) is 18.4 Å². The van der Waals surface area contributed by atoms with Gasteiger partial charge in [-0.2, -0.15) is 4.31 Å². The summed E-state index contributed by atoms with van der Waals surface area (Å²) < 4.78 is 27.5. The van der Waals surface area contributed by atoms with Crippen LogP contribution in [0, 0.1) is 6.92 Å². The number of benzene rings is 1. The molecule has 1 aliphatic heterocycles. The average molecular weight is 348 g/mol. The Balaban J connectivity index is 1.92. The van der Waals surface area contributed by atoms with E-state index in [1.165, 1.54) is 4.31 Å². The second-order valence-electron chi connectivity index (χ2n) is 5.93. The van der Waals surface area contributed by atoms with Gasteiger partial charge in [0.1, 0.15) is 0 Å². The van der Waals surface area contributed by atoms with Gasteiger partial charge < -0.3 is 11.1 Å². The highest BCUT2D eigenvalue weighted by Crippen LogP contribution is 2.28. The van der Waals surface area contributed by atoms with Gasteiger partial charge in [-0.25, -0.2) is 8.42 Å². The molecule has 1 aromatic heterocycles. The molecule has 1 aliphatic rings. The Morgan fingerprint density at radius 3 is 2.92 bits per heavy atom. The van der Waals surface area contributed by atoms with Crippen LogP contribution in [0.2, 0.25) is 0 Å². The van der Waals surface area contributed by atoms with Crippen molar-refractivity contribution in [3.8, 4) is 0 Å². The fraction of sp³-hybridized carbons (Fsp3) is 0.375. The summed E-state index contributed by atoms with van der Waals surface area (Å²) in [5.41, 5.74) is 6.22. The number of amides is 1. The number of aromatic nitrogens is 1. The van der Waals surface area contributed by atoms with E-state index < -0.39 is 10.0 Å². The van der Waals surface area contributed by atoms with Crippen LogP contribution >= 0.6 is 0 Å². The van der Waals surface area contributed by atoms with Crippen molar-refractivity contribution in [1.29, 1.82) is 0 Å². The molecule has 8 heteroatoms. The van der Waals surface area contributed by atoms with Gasteiger partial charge in [-0.05, 0) is 30.4 Å². The third kappa shape index (κ3) is 3.00. The van der Waals surface area contributed by atoms with E-state index in [2.05, 4.69) is 10.3 Å². The monoisotopic (exact) mass is 348 g/mol. The van der Waals surface area contributed by atoms with Crippen molar-refractivity contribution >= 4 is 26.7 Å². The Hall–Kier alpha value is -2.03. The number of aryl methyl sites for hydroxylation is 1. The lowest BCUT2D eigenvalue weighted by atomic mass is 10.1. The van der Waals surface area contributed by atoms with E-state index in [9.17, 15) is 13.2 Å². The molecule has 0 unspecified atom stereocenters. The van der Waals surface area contributed by atoms with Gasteiger partial charge in [0, 0.05) is 36.9 Å². The van der Waals surface area contributed by atoms with Crippen molar-refractivity contribution < 1.29 is 13.2 Å². The van der Waals surface area contributed by atoms with Crippen LogP contribution < -0.4 is 11.1 Å². The summed E-state index contributed by atoms with van der Waals surface area (Å²) in [5, 5.41) is 4.24. The first-order valence-electron chi connectivity index (χ1n) is 7.76. The standard InChI is InChI=1S/C16H20N4O3S/c1-11-8-18-9-14-13(11)3-2-4-15(14)24(22,23)20-6-5-12(10-20)19-16(21)7-17/h2-4,8-9,12H,5-7,10,17H2,1H3,(H,19,21)/t12-/m0/s1. The van der Waals surface area contributed by atoms with Gasteiger partial charge >= 0.3 is 0 Å². The summed E-state index contributed by atoms with van der Waals surface area (Å²) in [6.07, 6.45) is 3.87. The van der Waals surface area contributed by atoms with Crippen molar-refractivity contribution in [2.45, 2.75) is 24.3 Å². The smallest absolute Gasteiger partial charge is 0.243 e. The topological polar surface area (TPSA) is 105 Å². The first-order valence-corrected chi connectivity index (χ1v) is 9.20. The number of fused-ring (bicyclic) bond motifs is 1. The van der Waals surface area contributed by atoms with Gasteiger partial charge in [-0.15, -0.1) is 0 Å². The molecule has 1 atom stereocenters. The molecule has 1 aromatic carbocycles. The zero-order chi connectivity index (χ0) is 17.3. The summed E-state index contributed by atoms with van der Waals surface area (Å²) in [5.74, 6) is -0.274. The Labute approximate surface area is 140 Å². The predicted molar refractivity (Wildman–Crippen MR) is 90.8 cm³/mol. The van der Waals surface area contributed by atoms with E-state index in [1.54, 1.807) is 24.5 Å². The minimum Gasteiger partial charge on any atom is -0.351 e. The zero-order valence-corrected chi connectivity index (χ0v) is 14.2. The van der Waals surface area contributed by atoms with Crippen LogP contribution in [0.3, 0.4) is 0 Å². The number of sulfonamides is 1. The largest absolute Gasteiger partial charge is 0.351 e. The van der Waals surface area contributed by atoms with Gasteiger partial charge in [0.2, 0.25) is 15.9 Å². The van der Waals surface area contributed by atoms with Crippen molar-refractivity contribution in [3.63, 3.8) is 0 Å². The van der Waals surface area contributed by atoms with Crippen molar-refractivity contribution in [3.05, 3.63) is 36.2 Å². The molecule has 0 spiro atoms. The fourth-order valence-corrected chi connectivity index (χ4v) is 4.72. The molecule has 3 N–H and O–H groups in total. The van der Waals surface area contributed by atoms with E-state index in [-0.39, 0.29) is 29.9 Å². The van der Waals surface area contributed by atoms with Crippen LogP contribution in [0.15, 0.2) is 35.5 Å². The molecular weight excluding hydrogens is 328 g/mol. The molecule has 1 amide bonds. The number of rotatable bonds is 4. The number of nitrogens with one attached hydrogen (secondary N) is 1. The lowest BCUT2D eigenvalue weighted by Gasteiger charge is -2.18. The second kappa shape index (κ2) is 6.46. The lowest BCUT2D eigenvalue weighted by Crippen LogP contribution is -2.41. The molecule has 2 heterocycles. The van der Waals surface area contributed by atoms with Gasteiger partial charge in [-0.3, -0.25) is 9.78 Å². The molecule has 0 aliphatic carbocycles. The number of carbonyl (C=O) groups is 1. The van der Waals surface area contributed by atoms with Gasteiger partial charge in [-0.1, -0.05) is 12.1 Å². The number of hydrogen-bond donors (Lipinski definition) is 2. The maximum Gasteiger partial charge on any atom is 0.243 e. The van der Waals surface area contributed by atoms with E-state index in [4.69, 9.17) is 5.73 Å². The van der Waals surface area contributed by atoms with E-state index >= 15 is 0 Å². The van der Waals surface area contributed by atoms with Crippen molar-refractivity contribution in [2.24, 2.45) is 5.73 Å². The van der Waals surface area contributed by atoms with Gasteiger partial charge in [0.25, 0.3) is 0 Å². The maximum atomic E-state index is 13.0. The van der Waals surface area contributed by atoms with Crippen LogP contribution in [0.5, 0.6) is 0 Å². The molecule has 128 valence electrons. The highest BCUT2D eigenvalue weighted by Gasteiger charge is 2.34. The molecule has 7 nitrogen and oxygen atoms in total. The van der Waals surface area contributed by atoms with E-state index in [1.807, 2.05) is 13.0 Å². The summed E-state index contributed by atoms with van der Waals surface area (Å²) in [7, 11) is -3.65. The van der Waals surface area contributed by atoms with Gasteiger partial charge in [0.15, 0.2) is 0 Å². The highest BCUT2D eigenvalue weighted by atomic mass is 32.2. The van der Waals surface area contributed by atoms with Crippen LogP contribution in [0.4, 0.5) is 0 Å². The summed E-state index contributed by atoms with van der Waals surface area (Å²) in [6, 6.07) is 5.03. The Morgan fingerprint density at radius 2 is 2.17 bits per heavy atom. The Kier molecular flexibility index (Phi) is 4.53. The van der Waals surface area contributed by atoms with Crippen molar-refractivity contribution in [2.75, 3.05) is 19.6 Å². The SMILES string of the molecule is Cc1cncc2c(S(=O)(=O)N3CC[C@H](NC(=O)CN)C3)cccc12. The van der Waals surface area contributed by atoms with Crippen LogP contribution in [0.25, 0.3) is 10.8 Å². The number of pyridine rings is 1. The third-order valence-corrected chi connectivity index (χ3v) is 6.21. The molecule has 1 saturated heterocycles. The maximum absolute atomic E-state index is 13.0. The molecule has 0 bridgehead atoms. The molecule has 24 heavy (non-hydrogen) atoms. The fourth-order valence-electron chi connectivity index (χ4n) is 3.03. The van der Waals surface area contributed by atoms with Crippen molar-refractivity contribution in [1.82, 2.24) is 14.6 Å². The normalized spacial score (nSPS) is 18.8. The highest BCUT2D eigenvalue weighted by molar-refractivity contribution is 7.89. The molecule has 3 rings (SSSR count). The minimum atomic E-state index is -3.65. The molecule has 1 fully saturated rings. The summed E-state index contributed by atoms with van der Waals surface area (Å²) in [6.45, 7) is 2.43. The number of carbonyl (C=O) groups excluding carboxylic acids is 1. The molecule has 0 radical (unpaired) electrons. The second-order valence-corrected chi connectivity index (χ2v) is 7.83. The first kappa shape index (κ1) is 16.8. The number of nitrogens with zero attached hydrogens (tertiary/aromatic N) is 2. The van der Waals surface area contributed by atoms with Crippen LogP contribution in [-0.4, -0.2) is 49.3 Å². The quantitative estimate of drug-likeness (QED) is 0.831. The van der Waals surface area contributed by atoms with E-state index in [0.717, 1.165) is 10.9 Å². The Bertz CT molecular complexity index is 882. The third-order valence-electron chi connectivity index (χ3n) is 4.28. The summed E-state index contributed by atoms with van der Waals surface area (Å²) in [4.78, 5) is 15.8. The molecule has 2 aromatic rings. The minimum absolute atomic E-state index is 0.0997. The van der Waals surface area contributed by atoms with Crippen LogP contribution in [-0.2, 0) is 14.8 Å². The summed E-state index contributed by atoms with van der Waals surface area (Å²) >= 11 is 0. The van der Waals surface area contributed by atoms with Crippen LogP contribution in [0.1, 0.15) is 12.0 Å². The predicted octanol–water partition coefficient (Wildman–Crippen LogP) is 0.381. The zero-order valence-electron chi connectivity index (χ0n) is 13.4.